The van der Waals surface area contributed by atoms with E-state index in [-0.39, 0.29) is 6.61 Å². The fourth-order valence-electron chi connectivity index (χ4n) is 3.70. The van der Waals surface area contributed by atoms with Crippen LogP contribution < -0.4 is 0 Å². The van der Waals surface area contributed by atoms with Crippen LogP contribution in [0.3, 0.4) is 0 Å². The first-order chi connectivity index (χ1) is 17.3. The molecule has 180 valence electrons. The molecule has 6 rings (SSSR count). The van der Waals surface area contributed by atoms with Gasteiger partial charge in [-0.05, 0) is 0 Å². The Bertz CT molecular complexity index is 1180. The second-order valence-electron chi connectivity index (χ2n) is 7.83. The lowest BCUT2D eigenvalue weighted by Crippen LogP contribution is -2.65. The van der Waals surface area contributed by atoms with E-state index >= 15 is 0 Å². The summed E-state index contributed by atoms with van der Waals surface area (Å²) in [5, 5.41) is 0. The van der Waals surface area contributed by atoms with E-state index in [2.05, 4.69) is 25.0 Å². The van der Waals surface area contributed by atoms with Crippen LogP contribution >= 0.6 is 0 Å². The standard InChI is InChI=1S/C23H21N5O7/c1-29-23-22(34-18-6-11-28-18)21(33-17-5-10-27-17)20(32-16-4-9-26-16)19(35-23)13(31-15-3-8-25-15)12-30-14-2-7-24-14/h2-11,13,19-23H,12H2,1H3. The van der Waals surface area contributed by atoms with Gasteiger partial charge >= 0.3 is 0 Å². The highest BCUT2D eigenvalue weighted by atomic mass is 16.7. The molecule has 0 aliphatic carbocycles. The lowest BCUT2D eigenvalue weighted by molar-refractivity contribution is -0.295. The minimum absolute atomic E-state index is 0.105. The number of hydrogen-bond acceptors (Lipinski definition) is 12. The van der Waals surface area contributed by atoms with Gasteiger partial charge in [-0.15, -0.1) is 0 Å². The third-order valence-electron chi connectivity index (χ3n) is 5.66. The van der Waals surface area contributed by atoms with Gasteiger partial charge in [-0.1, -0.05) is 0 Å². The van der Waals surface area contributed by atoms with Gasteiger partial charge in [0.1, 0.15) is 12.7 Å². The average molecular weight is 479 g/mol. The second kappa shape index (κ2) is 9.31. The van der Waals surface area contributed by atoms with Crippen molar-refractivity contribution < 1.29 is 33.2 Å². The Morgan fingerprint density at radius 1 is 0.686 bits per heavy atom. The Morgan fingerprint density at radius 2 is 1.17 bits per heavy atom. The molecule has 6 aliphatic heterocycles. The van der Waals surface area contributed by atoms with Gasteiger partial charge in [-0.3, -0.25) is 0 Å². The second-order valence-corrected chi connectivity index (χ2v) is 7.83. The summed E-state index contributed by atoms with van der Waals surface area (Å²) >= 11 is 0. The summed E-state index contributed by atoms with van der Waals surface area (Å²) in [6.07, 6.45) is 12.4. The number of methoxy groups -OCH3 is 1. The van der Waals surface area contributed by atoms with Crippen molar-refractivity contribution in [3.63, 3.8) is 0 Å². The van der Waals surface area contributed by atoms with E-state index in [1.54, 1.807) is 61.4 Å². The molecule has 0 saturated carbocycles. The van der Waals surface area contributed by atoms with Crippen LogP contribution in [0.1, 0.15) is 0 Å². The molecule has 12 heteroatoms. The van der Waals surface area contributed by atoms with Crippen molar-refractivity contribution in [1.29, 1.82) is 0 Å². The molecular formula is C23H21N5O7. The highest BCUT2D eigenvalue weighted by Gasteiger charge is 2.55. The Balaban J connectivity index is 1.31. The third kappa shape index (κ3) is 4.40. The molecule has 35 heavy (non-hydrogen) atoms. The topological polar surface area (TPSA) is 126 Å². The number of aliphatic imine (C=N–C) groups is 5. The molecule has 6 atom stereocenters. The number of hydrogen-bond donors (Lipinski definition) is 0. The van der Waals surface area contributed by atoms with E-state index in [1.165, 1.54) is 7.11 Å². The predicted octanol–water partition coefficient (Wildman–Crippen LogP) is 1.54. The zero-order valence-electron chi connectivity index (χ0n) is 18.5. The SMILES string of the molecule is COC1OC(C(COC2=NC=C2)OC2=NC=C2)C(OC2=NC=C2)C(OC2=NC=C2)C1OC1=NC=C1. The molecule has 0 N–H and O–H groups in total. The first-order valence-electron chi connectivity index (χ1n) is 11.0. The zero-order valence-corrected chi connectivity index (χ0v) is 18.5. The van der Waals surface area contributed by atoms with Gasteiger partial charge in [0.25, 0.3) is 0 Å². The highest BCUT2D eigenvalue weighted by molar-refractivity contribution is 5.95. The Morgan fingerprint density at radius 3 is 1.63 bits per heavy atom. The molecule has 6 heterocycles. The highest BCUT2D eigenvalue weighted by Crippen LogP contribution is 2.33. The van der Waals surface area contributed by atoms with Crippen LogP contribution in [-0.2, 0) is 33.2 Å². The molecule has 0 bridgehead atoms. The van der Waals surface area contributed by atoms with Gasteiger partial charge in [0.15, 0.2) is 30.7 Å². The molecule has 0 aromatic carbocycles. The quantitative estimate of drug-likeness (QED) is 0.517. The maximum Gasteiger partial charge on any atom is 0.215 e. The van der Waals surface area contributed by atoms with E-state index in [4.69, 9.17) is 33.2 Å². The van der Waals surface area contributed by atoms with Crippen molar-refractivity contribution in [2.45, 2.75) is 36.8 Å². The average Bonchev–Trinajstić information content (AvgIpc) is 2.70. The minimum Gasteiger partial charge on any atom is -0.474 e. The Labute approximate surface area is 200 Å². The molecule has 6 aliphatic rings. The maximum atomic E-state index is 6.37. The summed E-state index contributed by atoms with van der Waals surface area (Å²) in [6, 6.07) is 0. The summed E-state index contributed by atoms with van der Waals surface area (Å²) < 4.78 is 42.5. The summed E-state index contributed by atoms with van der Waals surface area (Å²) in [5.41, 5.74) is 0. The molecule has 1 fully saturated rings. The summed E-state index contributed by atoms with van der Waals surface area (Å²) in [4.78, 5) is 20.6. The molecule has 0 aromatic heterocycles. The van der Waals surface area contributed by atoms with Crippen molar-refractivity contribution in [2.75, 3.05) is 13.7 Å². The summed E-state index contributed by atoms with van der Waals surface area (Å²) in [5.74, 6) is 2.21. The fourth-order valence-corrected chi connectivity index (χ4v) is 3.70. The van der Waals surface area contributed by atoms with Gasteiger partial charge in [0.2, 0.25) is 29.5 Å². The normalized spacial score (nSPS) is 31.6. The van der Waals surface area contributed by atoms with Gasteiger partial charge < -0.3 is 33.2 Å². The van der Waals surface area contributed by atoms with Crippen LogP contribution in [0.4, 0.5) is 0 Å². The van der Waals surface area contributed by atoms with Crippen molar-refractivity contribution in [1.82, 2.24) is 0 Å². The van der Waals surface area contributed by atoms with Crippen LogP contribution in [0.5, 0.6) is 0 Å². The predicted molar refractivity (Wildman–Crippen MR) is 124 cm³/mol. The van der Waals surface area contributed by atoms with Crippen molar-refractivity contribution in [3.05, 3.63) is 61.4 Å². The van der Waals surface area contributed by atoms with E-state index in [0.717, 1.165) is 0 Å². The molecule has 0 amide bonds. The van der Waals surface area contributed by atoms with Crippen LogP contribution in [0.2, 0.25) is 0 Å². The van der Waals surface area contributed by atoms with Gasteiger partial charge in [0.05, 0.1) is 0 Å². The summed E-state index contributed by atoms with van der Waals surface area (Å²) in [6.45, 7) is 0.105. The van der Waals surface area contributed by atoms with Crippen molar-refractivity contribution in [2.24, 2.45) is 25.0 Å². The first kappa shape index (κ1) is 21.5. The van der Waals surface area contributed by atoms with Gasteiger partial charge in [0, 0.05) is 68.5 Å². The maximum absolute atomic E-state index is 6.37. The van der Waals surface area contributed by atoms with Gasteiger partial charge in [-0.2, -0.15) is 0 Å². The van der Waals surface area contributed by atoms with E-state index in [0.29, 0.717) is 29.5 Å². The first-order valence-corrected chi connectivity index (χ1v) is 11.0. The zero-order chi connectivity index (χ0) is 23.6. The molecule has 6 unspecified atom stereocenters. The number of rotatable bonds is 8. The minimum atomic E-state index is -0.851. The fraction of sp³-hybridized carbons (Fsp3) is 0.348. The van der Waals surface area contributed by atoms with E-state index < -0.39 is 36.8 Å². The third-order valence-corrected chi connectivity index (χ3v) is 5.66. The van der Waals surface area contributed by atoms with Crippen LogP contribution in [0.25, 0.3) is 0 Å². The number of nitrogens with zero attached hydrogens (tertiary/aromatic N) is 5. The molecule has 1 saturated heterocycles. The number of ether oxygens (including phenoxy) is 7. The monoisotopic (exact) mass is 479 g/mol. The summed E-state index contributed by atoms with van der Waals surface area (Å²) in [7, 11) is 1.52. The molecular weight excluding hydrogens is 458 g/mol. The molecule has 12 nitrogen and oxygen atoms in total. The Kier molecular flexibility index (Phi) is 5.72. The van der Waals surface area contributed by atoms with Crippen LogP contribution in [0.15, 0.2) is 86.3 Å². The van der Waals surface area contributed by atoms with Gasteiger partial charge in [-0.25, -0.2) is 25.0 Å². The Hall–Kier alpha value is -4.03. The molecule has 0 spiro atoms. The van der Waals surface area contributed by atoms with Crippen molar-refractivity contribution >= 4 is 29.5 Å². The van der Waals surface area contributed by atoms with Crippen molar-refractivity contribution in [3.8, 4) is 0 Å². The molecule has 0 aromatic rings. The van der Waals surface area contributed by atoms with Crippen LogP contribution in [0, 0.1) is 0 Å². The molecule has 0 radical (unpaired) electrons. The smallest absolute Gasteiger partial charge is 0.215 e. The largest absolute Gasteiger partial charge is 0.474 e. The van der Waals surface area contributed by atoms with E-state index in [9.17, 15) is 0 Å². The van der Waals surface area contributed by atoms with Crippen LogP contribution in [-0.4, -0.2) is 80.0 Å². The lowest BCUT2D eigenvalue weighted by atomic mass is 9.94. The van der Waals surface area contributed by atoms with E-state index in [1.807, 2.05) is 0 Å². The lowest BCUT2D eigenvalue weighted by Gasteiger charge is -2.47.